The molecule has 0 saturated heterocycles. The lowest BCUT2D eigenvalue weighted by Crippen LogP contribution is -2.50. The summed E-state index contributed by atoms with van der Waals surface area (Å²) in [6.45, 7) is 5.85. The molecule has 0 aliphatic heterocycles. The van der Waals surface area contributed by atoms with Crippen LogP contribution in [0.3, 0.4) is 0 Å². The number of nitrogens with one attached hydrogen (secondary N) is 1. The van der Waals surface area contributed by atoms with Crippen LogP contribution in [-0.2, 0) is 16.1 Å². The Bertz CT molecular complexity index is 871. The summed E-state index contributed by atoms with van der Waals surface area (Å²) in [5.74, 6) is 0.276. The molecule has 8 heteroatoms. The van der Waals surface area contributed by atoms with Crippen LogP contribution in [0.2, 0.25) is 15.1 Å². The first-order valence-corrected chi connectivity index (χ1v) is 12.3. The largest absolute Gasteiger partial charge is 0.352 e. The van der Waals surface area contributed by atoms with Crippen LogP contribution in [0.1, 0.15) is 39.2 Å². The highest BCUT2D eigenvalue weighted by molar-refractivity contribution is 7.99. The molecule has 2 amide bonds. The van der Waals surface area contributed by atoms with Crippen LogP contribution in [0.5, 0.6) is 0 Å². The van der Waals surface area contributed by atoms with Crippen molar-refractivity contribution in [3.63, 3.8) is 0 Å². The Morgan fingerprint density at radius 1 is 1.03 bits per heavy atom. The molecule has 0 aliphatic carbocycles. The van der Waals surface area contributed by atoms with Crippen LogP contribution in [0.25, 0.3) is 0 Å². The van der Waals surface area contributed by atoms with Crippen molar-refractivity contribution in [2.24, 2.45) is 0 Å². The fourth-order valence-corrected chi connectivity index (χ4v) is 4.57. The SMILES string of the molecule is CC[C@H](C(=O)NC(C)C)N(Cc1c(Cl)cccc1Cl)C(=O)CCSc1ccc(Cl)cc1. The molecule has 0 unspecified atom stereocenters. The first kappa shape index (κ1) is 25.9. The average Bonchev–Trinajstić information content (AvgIpc) is 2.70. The number of halogens is 3. The fraction of sp³-hybridized carbons (Fsp3) is 0.391. The summed E-state index contributed by atoms with van der Waals surface area (Å²) in [6, 6.07) is 12.1. The van der Waals surface area contributed by atoms with Crippen LogP contribution in [0.4, 0.5) is 0 Å². The molecule has 0 aliphatic rings. The monoisotopic (exact) mass is 500 g/mol. The van der Waals surface area contributed by atoms with Crippen molar-refractivity contribution in [2.75, 3.05) is 5.75 Å². The Balaban J connectivity index is 2.19. The standard InChI is InChI=1S/C23H27Cl3N2O2S/c1-4-21(23(30)27-15(2)3)28(14-18-19(25)6-5-7-20(18)26)22(29)12-13-31-17-10-8-16(24)9-11-17/h5-11,15,21H,4,12-14H2,1-3H3,(H,27,30)/t21-/m1/s1. The molecule has 1 N–H and O–H groups in total. The highest BCUT2D eigenvalue weighted by Gasteiger charge is 2.29. The molecule has 0 saturated carbocycles. The molecule has 168 valence electrons. The maximum atomic E-state index is 13.2. The van der Waals surface area contributed by atoms with E-state index >= 15 is 0 Å². The minimum absolute atomic E-state index is 0.0251. The van der Waals surface area contributed by atoms with E-state index in [9.17, 15) is 9.59 Å². The van der Waals surface area contributed by atoms with Crippen LogP contribution in [-0.4, -0.2) is 34.6 Å². The molecule has 4 nitrogen and oxygen atoms in total. The third-order valence-electron chi connectivity index (χ3n) is 4.61. The van der Waals surface area contributed by atoms with E-state index in [1.807, 2.05) is 45.0 Å². The van der Waals surface area contributed by atoms with Crippen molar-refractivity contribution in [1.29, 1.82) is 0 Å². The van der Waals surface area contributed by atoms with E-state index in [4.69, 9.17) is 34.8 Å². The number of carbonyl (C=O) groups excluding carboxylic acids is 2. The number of thioether (sulfide) groups is 1. The number of benzene rings is 2. The molecular weight excluding hydrogens is 475 g/mol. The van der Waals surface area contributed by atoms with Gasteiger partial charge in [0, 0.05) is 50.3 Å². The lowest BCUT2D eigenvalue weighted by Gasteiger charge is -2.31. The van der Waals surface area contributed by atoms with Crippen molar-refractivity contribution < 1.29 is 9.59 Å². The molecule has 31 heavy (non-hydrogen) atoms. The van der Waals surface area contributed by atoms with Gasteiger partial charge in [0.2, 0.25) is 11.8 Å². The quantitative estimate of drug-likeness (QED) is 0.380. The summed E-state index contributed by atoms with van der Waals surface area (Å²) in [6.07, 6.45) is 0.761. The van der Waals surface area contributed by atoms with Crippen molar-refractivity contribution in [1.82, 2.24) is 10.2 Å². The van der Waals surface area contributed by atoms with E-state index in [1.165, 1.54) is 0 Å². The van der Waals surface area contributed by atoms with Gasteiger partial charge in [-0.25, -0.2) is 0 Å². The number of nitrogens with zero attached hydrogens (tertiary/aromatic N) is 1. The van der Waals surface area contributed by atoms with E-state index in [-0.39, 0.29) is 30.8 Å². The van der Waals surface area contributed by atoms with Gasteiger partial charge >= 0.3 is 0 Å². The summed E-state index contributed by atoms with van der Waals surface area (Å²) in [5, 5.41) is 4.53. The lowest BCUT2D eigenvalue weighted by atomic mass is 10.1. The molecule has 0 bridgehead atoms. The Kier molecular flexibility index (Phi) is 10.5. The maximum Gasteiger partial charge on any atom is 0.243 e. The predicted molar refractivity (Wildman–Crippen MR) is 131 cm³/mol. The van der Waals surface area contributed by atoms with E-state index in [0.717, 1.165) is 4.90 Å². The second-order valence-corrected chi connectivity index (χ2v) is 9.78. The van der Waals surface area contributed by atoms with Crippen LogP contribution in [0.15, 0.2) is 47.4 Å². The summed E-state index contributed by atoms with van der Waals surface area (Å²) < 4.78 is 0. The molecule has 1 atom stereocenters. The lowest BCUT2D eigenvalue weighted by molar-refractivity contribution is -0.141. The number of hydrogen-bond donors (Lipinski definition) is 1. The van der Waals surface area contributed by atoms with Crippen molar-refractivity contribution >= 4 is 58.4 Å². The van der Waals surface area contributed by atoms with Gasteiger partial charge in [-0.2, -0.15) is 0 Å². The number of amides is 2. The fourth-order valence-electron chi connectivity index (χ4n) is 3.08. The topological polar surface area (TPSA) is 49.4 Å². The average molecular weight is 502 g/mol. The first-order chi connectivity index (χ1) is 14.7. The molecule has 0 fully saturated rings. The van der Waals surface area contributed by atoms with Gasteiger partial charge < -0.3 is 10.2 Å². The Morgan fingerprint density at radius 3 is 2.19 bits per heavy atom. The molecule has 0 aromatic heterocycles. The van der Waals surface area contributed by atoms with Crippen molar-refractivity contribution in [2.45, 2.75) is 57.1 Å². The Hall–Kier alpha value is -1.40. The minimum atomic E-state index is -0.609. The molecule has 2 aromatic carbocycles. The van der Waals surface area contributed by atoms with E-state index in [2.05, 4.69) is 5.32 Å². The van der Waals surface area contributed by atoms with Crippen molar-refractivity contribution in [3.8, 4) is 0 Å². The van der Waals surface area contributed by atoms with Gasteiger partial charge in [0.25, 0.3) is 0 Å². The maximum absolute atomic E-state index is 13.2. The van der Waals surface area contributed by atoms with Crippen LogP contribution < -0.4 is 5.32 Å². The molecule has 2 aromatic rings. The number of carbonyl (C=O) groups is 2. The van der Waals surface area contributed by atoms with Gasteiger partial charge in [0.15, 0.2) is 0 Å². The first-order valence-electron chi connectivity index (χ1n) is 10.1. The zero-order valence-electron chi connectivity index (χ0n) is 17.8. The predicted octanol–water partition coefficient (Wildman–Crippen LogP) is 6.46. The Morgan fingerprint density at radius 2 is 1.65 bits per heavy atom. The minimum Gasteiger partial charge on any atom is -0.352 e. The highest BCUT2D eigenvalue weighted by atomic mass is 35.5. The molecule has 0 heterocycles. The van der Waals surface area contributed by atoms with Crippen LogP contribution in [0, 0.1) is 0 Å². The zero-order chi connectivity index (χ0) is 23.0. The third-order valence-corrected chi connectivity index (χ3v) is 6.58. The molecule has 0 radical (unpaired) electrons. The number of rotatable bonds is 10. The van der Waals surface area contributed by atoms with E-state index in [1.54, 1.807) is 34.9 Å². The van der Waals surface area contributed by atoms with Crippen molar-refractivity contribution in [3.05, 3.63) is 63.1 Å². The normalized spacial score (nSPS) is 12.0. The summed E-state index contributed by atoms with van der Waals surface area (Å²) >= 11 is 20.2. The van der Waals surface area contributed by atoms with Gasteiger partial charge in [-0.3, -0.25) is 9.59 Å². The Labute approximate surface area is 203 Å². The highest BCUT2D eigenvalue weighted by Crippen LogP contribution is 2.28. The van der Waals surface area contributed by atoms with Crippen LogP contribution >= 0.6 is 46.6 Å². The summed E-state index contributed by atoms with van der Waals surface area (Å²) in [7, 11) is 0. The van der Waals surface area contributed by atoms with Gasteiger partial charge in [-0.05, 0) is 56.7 Å². The smallest absolute Gasteiger partial charge is 0.243 e. The molecule has 2 rings (SSSR count). The van der Waals surface area contributed by atoms with E-state index in [0.29, 0.717) is 32.8 Å². The zero-order valence-corrected chi connectivity index (χ0v) is 20.9. The summed E-state index contributed by atoms with van der Waals surface area (Å²) in [4.78, 5) is 28.7. The third kappa shape index (κ3) is 7.90. The van der Waals surface area contributed by atoms with Gasteiger partial charge in [0.05, 0.1) is 0 Å². The second kappa shape index (κ2) is 12.6. The second-order valence-electron chi connectivity index (χ2n) is 7.36. The molecule has 0 spiro atoms. The van der Waals surface area contributed by atoms with Gasteiger partial charge in [-0.15, -0.1) is 11.8 Å². The van der Waals surface area contributed by atoms with E-state index < -0.39 is 6.04 Å². The van der Waals surface area contributed by atoms with Gasteiger partial charge in [-0.1, -0.05) is 47.8 Å². The van der Waals surface area contributed by atoms with Gasteiger partial charge in [0.1, 0.15) is 6.04 Å². The summed E-state index contributed by atoms with van der Waals surface area (Å²) in [5.41, 5.74) is 0.639. The number of hydrogen-bond acceptors (Lipinski definition) is 3. The molecular formula is C23H27Cl3N2O2S.